The minimum absolute atomic E-state index is 0.0555. The Balaban J connectivity index is 1.53. The summed E-state index contributed by atoms with van der Waals surface area (Å²) in [7, 11) is 0. The first-order valence-electron chi connectivity index (χ1n) is 6.49. The molecule has 0 unspecified atom stereocenters. The molecule has 0 aliphatic heterocycles. The maximum Gasteiger partial charge on any atom is 0.230 e. The standard InChI is InChI=1S/C15H16ClNO2S2/c16-12-3-5-13(6-4-12)19-7-9-20-11-15(18)17-10-14-2-1-8-21-14/h1-6,8H,7,9-11H2,(H,17,18). The number of amides is 1. The van der Waals surface area contributed by atoms with Gasteiger partial charge in [0.05, 0.1) is 18.9 Å². The number of nitrogens with one attached hydrogen (secondary N) is 1. The zero-order chi connectivity index (χ0) is 14.9. The number of thioether (sulfide) groups is 1. The molecule has 2 aromatic rings. The smallest absolute Gasteiger partial charge is 0.230 e. The van der Waals surface area contributed by atoms with Crippen molar-refractivity contribution < 1.29 is 9.53 Å². The molecular weight excluding hydrogens is 326 g/mol. The second-order valence-electron chi connectivity index (χ2n) is 4.21. The zero-order valence-electron chi connectivity index (χ0n) is 11.4. The predicted octanol–water partition coefficient (Wildman–Crippen LogP) is 3.83. The molecule has 0 spiro atoms. The van der Waals surface area contributed by atoms with E-state index in [2.05, 4.69) is 5.32 Å². The van der Waals surface area contributed by atoms with Crippen LogP contribution in [0.2, 0.25) is 5.02 Å². The minimum Gasteiger partial charge on any atom is -0.493 e. The van der Waals surface area contributed by atoms with Crippen LogP contribution in [-0.4, -0.2) is 24.0 Å². The van der Waals surface area contributed by atoms with Crippen LogP contribution in [0.4, 0.5) is 0 Å². The van der Waals surface area contributed by atoms with Crippen molar-refractivity contribution in [2.75, 3.05) is 18.1 Å². The number of halogens is 1. The molecule has 0 fully saturated rings. The highest BCUT2D eigenvalue weighted by atomic mass is 35.5. The van der Waals surface area contributed by atoms with Crippen LogP contribution in [0, 0.1) is 0 Å². The largest absolute Gasteiger partial charge is 0.493 e. The van der Waals surface area contributed by atoms with Gasteiger partial charge in [-0.25, -0.2) is 0 Å². The summed E-state index contributed by atoms with van der Waals surface area (Å²) in [5.41, 5.74) is 0. The van der Waals surface area contributed by atoms with Gasteiger partial charge in [-0.05, 0) is 35.7 Å². The normalized spacial score (nSPS) is 10.3. The first-order chi connectivity index (χ1) is 10.2. The molecule has 1 aromatic heterocycles. The highest BCUT2D eigenvalue weighted by Gasteiger charge is 2.02. The molecule has 1 amide bonds. The first-order valence-corrected chi connectivity index (χ1v) is 8.90. The monoisotopic (exact) mass is 341 g/mol. The Morgan fingerprint density at radius 1 is 1.29 bits per heavy atom. The van der Waals surface area contributed by atoms with Gasteiger partial charge in [0.15, 0.2) is 0 Å². The van der Waals surface area contributed by atoms with E-state index in [9.17, 15) is 4.79 Å². The van der Waals surface area contributed by atoms with Gasteiger partial charge in [-0.1, -0.05) is 17.7 Å². The van der Waals surface area contributed by atoms with Crippen molar-refractivity contribution in [2.45, 2.75) is 6.54 Å². The predicted molar refractivity (Wildman–Crippen MR) is 90.4 cm³/mol. The summed E-state index contributed by atoms with van der Waals surface area (Å²) in [5, 5.41) is 5.59. The van der Waals surface area contributed by atoms with Gasteiger partial charge >= 0.3 is 0 Å². The van der Waals surface area contributed by atoms with Crippen LogP contribution in [-0.2, 0) is 11.3 Å². The van der Waals surface area contributed by atoms with E-state index in [0.29, 0.717) is 23.9 Å². The number of carbonyl (C=O) groups excluding carboxylic acids is 1. The molecule has 1 aromatic carbocycles. The number of thiophene rings is 1. The molecule has 0 atom stereocenters. The third kappa shape index (κ3) is 6.42. The summed E-state index contributed by atoms with van der Waals surface area (Å²) in [6.07, 6.45) is 0. The number of hydrogen-bond acceptors (Lipinski definition) is 4. The van der Waals surface area contributed by atoms with Gasteiger partial charge < -0.3 is 10.1 Å². The Kier molecular flexibility index (Phi) is 6.92. The lowest BCUT2D eigenvalue weighted by molar-refractivity contribution is -0.118. The van der Waals surface area contributed by atoms with Crippen LogP contribution in [0.25, 0.3) is 0 Å². The van der Waals surface area contributed by atoms with E-state index in [1.165, 1.54) is 4.88 Å². The Bertz CT molecular complexity index is 543. The summed E-state index contributed by atoms with van der Waals surface area (Å²) in [4.78, 5) is 12.8. The number of benzene rings is 1. The molecule has 6 heteroatoms. The third-order valence-corrected chi connectivity index (χ3v) is 4.63. The molecule has 112 valence electrons. The van der Waals surface area contributed by atoms with Crippen molar-refractivity contribution in [3.8, 4) is 5.75 Å². The second-order valence-corrected chi connectivity index (χ2v) is 6.78. The summed E-state index contributed by atoms with van der Waals surface area (Å²) in [5.74, 6) is 2.08. The van der Waals surface area contributed by atoms with E-state index in [0.717, 1.165) is 11.5 Å². The number of rotatable bonds is 8. The molecule has 0 aliphatic rings. The Morgan fingerprint density at radius 3 is 2.81 bits per heavy atom. The van der Waals surface area contributed by atoms with E-state index in [-0.39, 0.29) is 5.91 Å². The van der Waals surface area contributed by atoms with Crippen molar-refractivity contribution >= 4 is 40.6 Å². The van der Waals surface area contributed by atoms with Crippen LogP contribution in [0.3, 0.4) is 0 Å². The van der Waals surface area contributed by atoms with Crippen molar-refractivity contribution in [3.63, 3.8) is 0 Å². The maximum absolute atomic E-state index is 11.6. The van der Waals surface area contributed by atoms with Gasteiger partial charge in [-0.3, -0.25) is 4.79 Å². The molecule has 0 saturated heterocycles. The van der Waals surface area contributed by atoms with Crippen LogP contribution < -0.4 is 10.1 Å². The molecule has 0 aliphatic carbocycles. The van der Waals surface area contributed by atoms with E-state index < -0.39 is 0 Å². The average molecular weight is 342 g/mol. The Labute approximate surface area is 137 Å². The molecule has 21 heavy (non-hydrogen) atoms. The lowest BCUT2D eigenvalue weighted by Crippen LogP contribution is -2.24. The number of carbonyl (C=O) groups is 1. The van der Waals surface area contributed by atoms with Crippen LogP contribution >= 0.6 is 34.7 Å². The van der Waals surface area contributed by atoms with E-state index in [1.54, 1.807) is 35.2 Å². The van der Waals surface area contributed by atoms with Crippen molar-refractivity contribution in [2.24, 2.45) is 0 Å². The van der Waals surface area contributed by atoms with E-state index >= 15 is 0 Å². The van der Waals surface area contributed by atoms with E-state index in [4.69, 9.17) is 16.3 Å². The fourth-order valence-corrected chi connectivity index (χ4v) is 2.97. The Hall–Kier alpha value is -1.17. The fraction of sp³-hybridized carbons (Fsp3) is 0.267. The summed E-state index contributed by atoms with van der Waals surface area (Å²) < 4.78 is 5.55. The third-order valence-electron chi connectivity index (χ3n) is 2.58. The SMILES string of the molecule is O=C(CSCCOc1ccc(Cl)cc1)NCc1cccs1. The van der Waals surface area contributed by atoms with Gasteiger partial charge in [0.25, 0.3) is 0 Å². The molecule has 0 bridgehead atoms. The number of hydrogen-bond donors (Lipinski definition) is 1. The van der Waals surface area contributed by atoms with Crippen molar-refractivity contribution in [3.05, 3.63) is 51.7 Å². The summed E-state index contributed by atoms with van der Waals surface area (Å²) in [6.45, 7) is 1.18. The van der Waals surface area contributed by atoms with E-state index in [1.807, 2.05) is 29.6 Å². The minimum atomic E-state index is 0.0555. The van der Waals surface area contributed by atoms with Gasteiger partial charge in [0.1, 0.15) is 5.75 Å². The van der Waals surface area contributed by atoms with Crippen LogP contribution in [0.5, 0.6) is 5.75 Å². The lowest BCUT2D eigenvalue weighted by Gasteiger charge is -2.06. The first kappa shape index (κ1) is 16.2. The molecule has 3 nitrogen and oxygen atoms in total. The maximum atomic E-state index is 11.6. The molecule has 1 heterocycles. The quantitative estimate of drug-likeness (QED) is 0.741. The summed E-state index contributed by atoms with van der Waals surface area (Å²) >= 11 is 9.00. The van der Waals surface area contributed by atoms with Crippen molar-refractivity contribution in [1.29, 1.82) is 0 Å². The molecule has 1 N–H and O–H groups in total. The van der Waals surface area contributed by atoms with Crippen molar-refractivity contribution in [1.82, 2.24) is 5.32 Å². The molecule has 2 rings (SSSR count). The highest BCUT2D eigenvalue weighted by Crippen LogP contribution is 2.15. The molecular formula is C15H16ClNO2S2. The second kappa shape index (κ2) is 8.97. The molecule has 0 radical (unpaired) electrons. The van der Waals surface area contributed by atoms with Crippen LogP contribution in [0.1, 0.15) is 4.88 Å². The lowest BCUT2D eigenvalue weighted by atomic mass is 10.3. The zero-order valence-corrected chi connectivity index (χ0v) is 13.8. The molecule has 0 saturated carbocycles. The van der Waals surface area contributed by atoms with Gasteiger partial charge in [-0.2, -0.15) is 0 Å². The van der Waals surface area contributed by atoms with Gasteiger partial charge in [0.2, 0.25) is 5.91 Å². The topological polar surface area (TPSA) is 38.3 Å². The number of ether oxygens (including phenoxy) is 1. The van der Waals surface area contributed by atoms with Gasteiger partial charge in [-0.15, -0.1) is 23.1 Å². The average Bonchev–Trinajstić information content (AvgIpc) is 3.00. The summed E-state index contributed by atoms with van der Waals surface area (Å²) in [6, 6.07) is 11.2. The van der Waals surface area contributed by atoms with Crippen LogP contribution in [0.15, 0.2) is 41.8 Å². The van der Waals surface area contributed by atoms with Gasteiger partial charge in [0, 0.05) is 15.7 Å². The fourth-order valence-electron chi connectivity index (χ4n) is 1.56. The highest BCUT2D eigenvalue weighted by molar-refractivity contribution is 7.99. The Morgan fingerprint density at radius 2 is 2.10 bits per heavy atom.